The van der Waals surface area contributed by atoms with Gasteiger partial charge in [0.15, 0.2) is 5.78 Å². The number of pyridine rings is 2. The highest BCUT2D eigenvalue weighted by Gasteiger charge is 2.57. The molecule has 0 spiro atoms. The Labute approximate surface area is 244 Å². The lowest BCUT2D eigenvalue weighted by Gasteiger charge is -2.48. The molecule has 4 heterocycles. The Morgan fingerprint density at radius 1 is 1.18 bits per heavy atom. The Balaban J connectivity index is 1.81. The van der Waals surface area contributed by atoms with E-state index in [1.54, 1.807) is 41.5 Å². The molecule has 0 aliphatic carbocycles. The number of rotatable bonds is 6. The largest absolute Gasteiger partial charge is 0.460 e. The van der Waals surface area contributed by atoms with Crippen molar-refractivity contribution < 1.29 is 22.9 Å². The molecule has 4 rings (SSSR count). The first kappa shape index (κ1) is 30.5. The van der Waals surface area contributed by atoms with Crippen LogP contribution in [0.5, 0.6) is 0 Å². The van der Waals surface area contributed by atoms with Crippen LogP contribution in [0.2, 0.25) is 10.0 Å². The van der Waals surface area contributed by atoms with Gasteiger partial charge in [-0.25, -0.2) is 17.9 Å². The second kappa shape index (κ2) is 10.8. The summed E-state index contributed by atoms with van der Waals surface area (Å²) in [5.74, 6) is -1.61. The van der Waals surface area contributed by atoms with Gasteiger partial charge >= 0.3 is 5.97 Å². The molecule has 2 aliphatic heterocycles. The van der Waals surface area contributed by atoms with Gasteiger partial charge in [0.1, 0.15) is 28.3 Å². The van der Waals surface area contributed by atoms with Crippen LogP contribution in [0.25, 0.3) is 0 Å². The quantitative estimate of drug-likeness (QED) is 0.286. The molecular formula is C28H33Cl2FN4O4S. The molecule has 12 heteroatoms. The van der Waals surface area contributed by atoms with Crippen LogP contribution in [0, 0.1) is 5.82 Å². The molecule has 2 aliphatic rings. The van der Waals surface area contributed by atoms with Crippen molar-refractivity contribution in [3.05, 3.63) is 57.3 Å². The minimum absolute atomic E-state index is 0.0242. The van der Waals surface area contributed by atoms with Crippen LogP contribution in [0.15, 0.2) is 33.8 Å². The van der Waals surface area contributed by atoms with Crippen molar-refractivity contribution in [1.29, 1.82) is 0 Å². The topological polar surface area (TPSA) is 111 Å². The number of carbonyl (C=O) groups excluding carboxylic acids is 2. The first-order valence-electron chi connectivity index (χ1n) is 13.0. The monoisotopic (exact) mass is 610 g/mol. The number of carbonyl (C=O) groups is 2. The van der Waals surface area contributed by atoms with Gasteiger partial charge in [-0.1, -0.05) is 23.2 Å². The Bertz CT molecular complexity index is 1530. The van der Waals surface area contributed by atoms with E-state index in [0.717, 1.165) is 0 Å². The van der Waals surface area contributed by atoms with E-state index in [4.69, 9.17) is 32.9 Å². The van der Waals surface area contributed by atoms with Gasteiger partial charge in [0.05, 0.1) is 42.6 Å². The molecule has 0 radical (unpaired) electrons. The maximum atomic E-state index is 15.6. The van der Waals surface area contributed by atoms with Crippen LogP contribution in [0.1, 0.15) is 82.7 Å². The molecule has 0 saturated heterocycles. The fourth-order valence-corrected chi connectivity index (χ4v) is 9.10. The fourth-order valence-electron chi connectivity index (χ4n) is 5.27. The van der Waals surface area contributed by atoms with E-state index in [9.17, 15) is 13.8 Å². The number of ether oxygens (including phenoxy) is 1. The molecular weight excluding hydrogens is 578 g/mol. The average Bonchev–Trinajstić information content (AvgIpc) is 2.83. The minimum Gasteiger partial charge on any atom is -0.460 e. The summed E-state index contributed by atoms with van der Waals surface area (Å²) in [7, 11) is -3.04. The zero-order chi connectivity index (χ0) is 29.7. The van der Waals surface area contributed by atoms with E-state index in [0.29, 0.717) is 30.1 Å². The van der Waals surface area contributed by atoms with Crippen molar-refractivity contribution in [3.8, 4) is 0 Å². The van der Waals surface area contributed by atoms with Crippen LogP contribution in [-0.2, 0) is 31.2 Å². The highest BCUT2D eigenvalue weighted by atomic mass is 35.5. The summed E-state index contributed by atoms with van der Waals surface area (Å²) in [6.07, 6.45) is 2.03. The number of aromatic nitrogens is 2. The number of esters is 1. The average molecular weight is 612 g/mol. The highest BCUT2D eigenvalue weighted by Crippen LogP contribution is 2.48. The molecule has 0 saturated carbocycles. The summed E-state index contributed by atoms with van der Waals surface area (Å²) in [6, 6.07) is 4.05. The van der Waals surface area contributed by atoms with Crippen molar-refractivity contribution in [2.45, 2.75) is 88.4 Å². The molecule has 0 amide bonds. The lowest BCUT2D eigenvalue weighted by Crippen LogP contribution is -2.59. The number of fused-ring (bicyclic) bond motifs is 1. The van der Waals surface area contributed by atoms with E-state index in [-0.39, 0.29) is 34.9 Å². The Morgan fingerprint density at radius 3 is 2.52 bits per heavy atom. The number of aliphatic imine (C=N–C) groups is 1. The van der Waals surface area contributed by atoms with Gasteiger partial charge in [-0.05, 0) is 72.6 Å². The predicted octanol–water partition coefficient (Wildman–Crippen LogP) is 6.16. The molecule has 0 N–H and O–H groups in total. The zero-order valence-electron chi connectivity index (χ0n) is 23.4. The van der Waals surface area contributed by atoms with Crippen LogP contribution in [0.4, 0.5) is 4.39 Å². The second-order valence-corrected chi connectivity index (χ2v) is 15.6. The number of nitrogens with zero attached hydrogens (tertiary/aromatic N) is 4. The Morgan fingerprint density at radius 2 is 1.88 bits per heavy atom. The van der Waals surface area contributed by atoms with Gasteiger partial charge in [0.2, 0.25) is 0 Å². The summed E-state index contributed by atoms with van der Waals surface area (Å²) in [5, 5.41) is -0.272. The van der Waals surface area contributed by atoms with Crippen molar-refractivity contribution in [1.82, 2.24) is 9.97 Å². The summed E-state index contributed by atoms with van der Waals surface area (Å²) >= 11 is 12.1. The van der Waals surface area contributed by atoms with Crippen LogP contribution in [-0.4, -0.2) is 53.8 Å². The van der Waals surface area contributed by atoms with Crippen LogP contribution >= 0.6 is 23.2 Å². The summed E-state index contributed by atoms with van der Waals surface area (Å²) in [6.45, 7) is 10.9. The Hall–Kier alpha value is -2.43. The number of ketones is 1. The summed E-state index contributed by atoms with van der Waals surface area (Å²) in [4.78, 5) is 39.4. The van der Waals surface area contributed by atoms with Gasteiger partial charge in [-0.3, -0.25) is 19.6 Å². The lowest BCUT2D eigenvalue weighted by molar-refractivity contribution is -0.153. The third-order valence-corrected chi connectivity index (χ3v) is 11.5. The molecule has 2 aromatic rings. The molecule has 0 unspecified atom stereocenters. The number of halogens is 3. The van der Waals surface area contributed by atoms with Gasteiger partial charge in [-0.15, -0.1) is 0 Å². The molecule has 40 heavy (non-hydrogen) atoms. The standard InChI is InChI=1S/C28H33Cl2FN4O4S/c1-26(2,3)39-23(37)14-21-27(4,5)40(38)22(8-7-11-33-40)28(6,35-21)25-19(31)10-9-17(34-25)13-20(36)24-18(30)12-16(29)15-32-24/h9-10,12,15,22H,7-8,11,13-14H2,1-6H3/t22-,28+,40-/m1/s1. The van der Waals surface area contributed by atoms with Crippen molar-refractivity contribution >= 4 is 50.4 Å². The van der Waals surface area contributed by atoms with Gasteiger partial charge in [0.25, 0.3) is 0 Å². The predicted molar refractivity (Wildman–Crippen MR) is 154 cm³/mol. The van der Waals surface area contributed by atoms with E-state index in [2.05, 4.69) is 14.3 Å². The van der Waals surface area contributed by atoms with E-state index >= 15 is 4.39 Å². The first-order valence-corrected chi connectivity index (χ1v) is 15.3. The van der Waals surface area contributed by atoms with E-state index in [1.165, 1.54) is 24.4 Å². The van der Waals surface area contributed by atoms with E-state index < -0.39 is 48.4 Å². The third-order valence-electron chi connectivity index (χ3n) is 7.24. The molecule has 0 bridgehead atoms. The molecule has 3 atom stereocenters. The number of hydrogen-bond donors (Lipinski definition) is 0. The molecule has 2 aromatic heterocycles. The smallest absolute Gasteiger partial charge is 0.312 e. The Kier molecular flexibility index (Phi) is 8.21. The highest BCUT2D eigenvalue weighted by molar-refractivity contribution is 7.96. The van der Waals surface area contributed by atoms with Crippen LogP contribution < -0.4 is 0 Å². The maximum Gasteiger partial charge on any atom is 0.312 e. The summed E-state index contributed by atoms with van der Waals surface area (Å²) < 4.78 is 39.3. The number of hydrogen-bond acceptors (Lipinski definition) is 8. The van der Waals surface area contributed by atoms with Crippen molar-refractivity contribution in [2.24, 2.45) is 9.36 Å². The van der Waals surface area contributed by atoms with Gasteiger partial charge in [0, 0.05) is 24.1 Å². The molecule has 216 valence electrons. The zero-order valence-corrected chi connectivity index (χ0v) is 25.7. The van der Waals surface area contributed by atoms with Crippen molar-refractivity contribution in [3.63, 3.8) is 0 Å². The number of Topliss-reactive ketones (excluding diaryl/α,β-unsaturated/α-hetero) is 1. The minimum atomic E-state index is -3.04. The molecule has 0 fully saturated rings. The third kappa shape index (κ3) is 5.67. The van der Waals surface area contributed by atoms with E-state index in [1.807, 2.05) is 0 Å². The SMILES string of the molecule is CC(C)(C)OC(=O)CC1=N[C@](C)(c2nc(CC(=O)c3ncc(Cl)cc3Cl)ccc2F)[C@H]2CCCN=[S@]2(=O)C1(C)C. The van der Waals surface area contributed by atoms with Gasteiger partial charge in [-0.2, -0.15) is 0 Å². The fraction of sp³-hybridized carbons (Fsp3) is 0.536. The first-order chi connectivity index (χ1) is 18.5. The van der Waals surface area contributed by atoms with Crippen LogP contribution in [0.3, 0.4) is 0 Å². The van der Waals surface area contributed by atoms with Gasteiger partial charge < -0.3 is 4.74 Å². The molecule has 0 aromatic carbocycles. The lowest BCUT2D eigenvalue weighted by atomic mass is 9.87. The normalized spacial score (nSPS) is 25.8. The second-order valence-electron chi connectivity index (χ2n) is 11.7. The molecule has 8 nitrogen and oxygen atoms in total. The van der Waals surface area contributed by atoms with Crippen molar-refractivity contribution in [2.75, 3.05) is 6.54 Å². The summed E-state index contributed by atoms with van der Waals surface area (Å²) in [5.41, 5.74) is -1.58. The maximum absolute atomic E-state index is 15.6.